The lowest BCUT2D eigenvalue weighted by Gasteiger charge is -2.23. The maximum absolute atomic E-state index is 12.3. The third-order valence-corrected chi connectivity index (χ3v) is 2.00. The summed E-state index contributed by atoms with van der Waals surface area (Å²) in [5, 5.41) is 9.72. The van der Waals surface area contributed by atoms with Crippen LogP contribution in [0.15, 0.2) is 11.8 Å². The molecule has 0 aromatic rings. The van der Waals surface area contributed by atoms with Crippen molar-refractivity contribution in [3.05, 3.63) is 11.8 Å². The van der Waals surface area contributed by atoms with Gasteiger partial charge in [0, 0.05) is 7.11 Å². The number of ether oxygens (including phenoxy) is 1. The second-order valence-electron chi connectivity index (χ2n) is 2.36. The molecule has 0 aromatic heterocycles. The Morgan fingerprint density at radius 2 is 2.38 bits per heavy atom. The minimum Gasteiger partial charge on any atom is -0.363 e. The monoisotopic (exact) mass is 258 g/mol. The van der Waals surface area contributed by atoms with E-state index in [1.54, 1.807) is 0 Å². The van der Waals surface area contributed by atoms with Crippen molar-refractivity contribution in [2.24, 2.45) is 0 Å². The van der Waals surface area contributed by atoms with E-state index in [2.05, 4.69) is 26.1 Å². The fourth-order valence-electron chi connectivity index (χ4n) is 0.966. The molecule has 0 amide bonds. The summed E-state index contributed by atoms with van der Waals surface area (Å²) in [7, 11) is 1.23. The Morgan fingerprint density at radius 1 is 1.77 bits per heavy atom. The first-order chi connectivity index (χ1) is 6.06. The molecule has 0 saturated carbocycles. The van der Waals surface area contributed by atoms with Crippen molar-refractivity contribution in [3.63, 3.8) is 0 Å². The van der Waals surface area contributed by atoms with Gasteiger partial charge >= 0.3 is 6.55 Å². The van der Waals surface area contributed by atoms with E-state index < -0.39 is 17.8 Å². The molecule has 2 atom stereocenters. The van der Waals surface area contributed by atoms with Crippen LogP contribution in [0.25, 0.3) is 0 Å². The van der Waals surface area contributed by atoms with E-state index in [0.29, 0.717) is 5.01 Å². The lowest BCUT2D eigenvalue weighted by atomic mass is 10.4. The average molecular weight is 259 g/mol. The molecule has 76 valence electrons. The number of nitrogens with one attached hydrogen (secondary N) is 1. The van der Waals surface area contributed by atoms with Crippen molar-refractivity contribution < 1.29 is 18.6 Å². The fourth-order valence-corrected chi connectivity index (χ4v) is 1.46. The first-order valence-electron chi connectivity index (χ1n) is 3.46. The summed E-state index contributed by atoms with van der Waals surface area (Å²) in [6.45, 7) is -2.72. The number of hydrogen-bond acceptors (Lipinski definition) is 4. The Balaban J connectivity index is 2.73. The lowest BCUT2D eigenvalue weighted by molar-refractivity contribution is -0.100. The van der Waals surface area contributed by atoms with Crippen molar-refractivity contribution in [1.82, 2.24) is 10.4 Å². The van der Waals surface area contributed by atoms with Crippen LogP contribution >= 0.6 is 15.9 Å². The van der Waals surface area contributed by atoms with Gasteiger partial charge in [0.15, 0.2) is 6.29 Å². The highest BCUT2D eigenvalue weighted by Gasteiger charge is 2.31. The van der Waals surface area contributed by atoms with E-state index in [4.69, 9.17) is 5.11 Å². The molecule has 0 fully saturated rings. The van der Waals surface area contributed by atoms with Crippen LogP contribution in [0.5, 0.6) is 0 Å². The minimum atomic E-state index is -2.72. The number of aliphatic hydroxyl groups excluding tert-OH is 1. The lowest BCUT2D eigenvalue weighted by Crippen LogP contribution is -2.41. The zero-order chi connectivity index (χ0) is 10.0. The molecule has 1 aliphatic heterocycles. The molecule has 7 heteroatoms. The zero-order valence-corrected chi connectivity index (χ0v) is 8.33. The third kappa shape index (κ3) is 2.37. The maximum atomic E-state index is 12.3. The van der Waals surface area contributed by atoms with Gasteiger partial charge in [-0.15, -0.1) is 0 Å². The minimum absolute atomic E-state index is 0.000579. The fraction of sp³-hybridized carbons (Fsp3) is 0.667. The number of rotatable bonds is 3. The van der Waals surface area contributed by atoms with Gasteiger partial charge in [-0.25, -0.2) is 10.4 Å². The Hall–Kier alpha value is -0.240. The van der Waals surface area contributed by atoms with E-state index in [0.717, 1.165) is 0 Å². The number of hydrogen-bond donors (Lipinski definition) is 2. The molecular weight excluding hydrogens is 250 g/mol. The highest BCUT2D eigenvalue weighted by molar-refractivity contribution is 9.09. The van der Waals surface area contributed by atoms with E-state index in [1.807, 2.05) is 0 Å². The summed E-state index contributed by atoms with van der Waals surface area (Å²) < 4.78 is 29.1. The van der Waals surface area contributed by atoms with Crippen LogP contribution in [-0.4, -0.2) is 35.0 Å². The van der Waals surface area contributed by atoms with Crippen LogP contribution in [0.4, 0.5) is 8.78 Å². The molecule has 2 N–H and O–H groups in total. The van der Waals surface area contributed by atoms with E-state index in [1.165, 1.54) is 13.2 Å². The number of halogens is 3. The first-order valence-corrected chi connectivity index (χ1v) is 4.38. The number of alkyl halides is 3. The summed E-state index contributed by atoms with van der Waals surface area (Å²) in [6, 6.07) is 0. The Kier molecular flexibility index (Phi) is 3.60. The Bertz CT molecular complexity index is 215. The van der Waals surface area contributed by atoms with Gasteiger partial charge in [-0.3, -0.25) is 0 Å². The van der Waals surface area contributed by atoms with E-state index in [-0.39, 0.29) is 5.70 Å². The molecule has 2 unspecified atom stereocenters. The van der Waals surface area contributed by atoms with Gasteiger partial charge in [0.2, 0.25) is 0 Å². The highest BCUT2D eigenvalue weighted by Crippen LogP contribution is 2.22. The molecule has 1 aliphatic rings. The highest BCUT2D eigenvalue weighted by atomic mass is 79.9. The third-order valence-electron chi connectivity index (χ3n) is 1.53. The second-order valence-corrected chi connectivity index (χ2v) is 3.34. The van der Waals surface area contributed by atoms with Crippen molar-refractivity contribution in [2.45, 2.75) is 17.8 Å². The summed E-state index contributed by atoms with van der Waals surface area (Å²) in [6.07, 6.45) is 0.0596. The van der Waals surface area contributed by atoms with Gasteiger partial charge in [-0.05, 0) is 6.08 Å². The maximum Gasteiger partial charge on any atom is 0.328 e. The van der Waals surface area contributed by atoms with Crippen molar-refractivity contribution in [1.29, 1.82) is 0 Å². The van der Waals surface area contributed by atoms with Crippen LogP contribution in [0.2, 0.25) is 0 Å². The molecule has 0 radical (unpaired) electrons. The van der Waals surface area contributed by atoms with Crippen molar-refractivity contribution >= 4 is 15.9 Å². The quantitative estimate of drug-likeness (QED) is 0.442. The normalized spacial score (nSPS) is 25.2. The molecule has 0 aliphatic carbocycles. The van der Waals surface area contributed by atoms with Crippen LogP contribution in [0, 0.1) is 0 Å². The topological polar surface area (TPSA) is 44.7 Å². The number of aliphatic hydroxyl groups is 1. The van der Waals surface area contributed by atoms with E-state index >= 15 is 0 Å². The standard InChI is InChI=1S/C6H9BrF2N2O2/c1-13-5(12)3-2-4(7)10-11(3)6(8)9/h2,4-6,10,12H,1H3. The molecule has 1 rings (SSSR count). The average Bonchev–Trinajstić information content (AvgIpc) is 2.46. The van der Waals surface area contributed by atoms with Gasteiger partial charge in [0.1, 0.15) is 4.95 Å². The van der Waals surface area contributed by atoms with Crippen LogP contribution in [0.1, 0.15) is 0 Å². The van der Waals surface area contributed by atoms with Crippen molar-refractivity contribution in [3.8, 4) is 0 Å². The number of methoxy groups -OCH3 is 1. The molecule has 0 aromatic carbocycles. The Morgan fingerprint density at radius 3 is 2.85 bits per heavy atom. The van der Waals surface area contributed by atoms with Gasteiger partial charge in [0.25, 0.3) is 0 Å². The first kappa shape index (κ1) is 10.8. The van der Waals surface area contributed by atoms with Crippen LogP contribution < -0.4 is 5.43 Å². The smallest absolute Gasteiger partial charge is 0.328 e. The predicted molar refractivity (Wildman–Crippen MR) is 44.8 cm³/mol. The predicted octanol–water partition coefficient (Wildman–Crippen LogP) is 0.599. The van der Waals surface area contributed by atoms with Crippen LogP contribution in [-0.2, 0) is 4.74 Å². The summed E-state index contributed by atoms with van der Waals surface area (Å²) in [5.41, 5.74) is 2.39. The van der Waals surface area contributed by atoms with Crippen molar-refractivity contribution in [2.75, 3.05) is 7.11 Å². The van der Waals surface area contributed by atoms with E-state index in [9.17, 15) is 8.78 Å². The second kappa shape index (κ2) is 4.32. The molecule has 1 heterocycles. The summed E-state index contributed by atoms with van der Waals surface area (Å²) in [4.78, 5) is -0.415. The molecular formula is C6H9BrF2N2O2. The summed E-state index contributed by atoms with van der Waals surface area (Å²) in [5.74, 6) is 0. The summed E-state index contributed by atoms with van der Waals surface area (Å²) >= 11 is 3.06. The SMILES string of the molecule is COC(O)C1=CC(Br)NN1C(F)F. The molecule has 13 heavy (non-hydrogen) atoms. The molecule has 0 spiro atoms. The van der Waals surface area contributed by atoms with Gasteiger partial charge < -0.3 is 9.84 Å². The number of hydrazine groups is 1. The Labute approximate surface area is 82.3 Å². The van der Waals surface area contributed by atoms with Gasteiger partial charge in [-0.2, -0.15) is 8.78 Å². The van der Waals surface area contributed by atoms with Gasteiger partial charge in [0.05, 0.1) is 5.70 Å². The largest absolute Gasteiger partial charge is 0.363 e. The van der Waals surface area contributed by atoms with Crippen LogP contribution in [0.3, 0.4) is 0 Å². The molecule has 0 saturated heterocycles. The number of nitrogens with zero attached hydrogens (tertiary/aromatic N) is 1. The molecule has 4 nitrogen and oxygen atoms in total. The van der Waals surface area contributed by atoms with Gasteiger partial charge in [-0.1, -0.05) is 15.9 Å². The molecule has 0 bridgehead atoms. The zero-order valence-electron chi connectivity index (χ0n) is 6.75.